The van der Waals surface area contributed by atoms with Gasteiger partial charge in [-0.05, 0) is 18.6 Å². The summed E-state index contributed by atoms with van der Waals surface area (Å²) in [6.07, 6.45) is 6.31. The lowest BCUT2D eigenvalue weighted by atomic mass is 9.91. The topological polar surface area (TPSA) is 61.6 Å². The second kappa shape index (κ2) is 7.74. The largest absolute Gasteiger partial charge is 0.378 e. The molecule has 1 atom stereocenters. The van der Waals surface area contributed by atoms with Gasteiger partial charge in [0.25, 0.3) is 0 Å². The number of allylic oxidation sites excluding steroid dienone is 4. The molecule has 0 saturated carbocycles. The van der Waals surface area contributed by atoms with Gasteiger partial charge in [0, 0.05) is 45.8 Å². The van der Waals surface area contributed by atoms with Crippen molar-refractivity contribution in [2.75, 3.05) is 47.4 Å². The Bertz CT molecular complexity index is 711. The van der Waals surface area contributed by atoms with E-state index in [1.807, 2.05) is 17.1 Å². The number of aliphatic imine (C=N–C) groups is 3. The molecule has 0 aromatic rings. The summed E-state index contributed by atoms with van der Waals surface area (Å²) in [6, 6.07) is 0. The third kappa shape index (κ3) is 3.56. The highest BCUT2D eigenvalue weighted by atomic mass is 19.1. The molecule has 0 radical (unpaired) electrons. The van der Waals surface area contributed by atoms with Crippen LogP contribution in [0.5, 0.6) is 0 Å². The molecule has 1 saturated heterocycles. The van der Waals surface area contributed by atoms with E-state index in [0.717, 1.165) is 36.6 Å². The summed E-state index contributed by atoms with van der Waals surface area (Å²) >= 11 is 0. The zero-order valence-electron chi connectivity index (χ0n) is 14.9. The van der Waals surface area contributed by atoms with Crippen LogP contribution in [-0.4, -0.2) is 69.6 Å². The van der Waals surface area contributed by atoms with Gasteiger partial charge in [-0.15, -0.1) is 0 Å². The summed E-state index contributed by atoms with van der Waals surface area (Å²) in [6.45, 7) is 2.75. The number of ether oxygens (including phenoxy) is 1. The molecule has 2 aliphatic heterocycles. The lowest BCUT2D eigenvalue weighted by molar-refractivity contribution is 0.0530. The van der Waals surface area contributed by atoms with E-state index in [1.54, 1.807) is 27.2 Å². The van der Waals surface area contributed by atoms with Gasteiger partial charge in [-0.25, -0.2) is 4.39 Å². The molecule has 6 nitrogen and oxygen atoms in total. The molecule has 134 valence electrons. The van der Waals surface area contributed by atoms with Crippen molar-refractivity contribution in [1.82, 2.24) is 10.2 Å². The molecule has 0 spiro atoms. The fourth-order valence-corrected chi connectivity index (χ4v) is 3.29. The van der Waals surface area contributed by atoms with E-state index in [4.69, 9.17) is 4.74 Å². The van der Waals surface area contributed by atoms with Gasteiger partial charge in [0.2, 0.25) is 0 Å². The van der Waals surface area contributed by atoms with Crippen LogP contribution >= 0.6 is 0 Å². The first-order valence-corrected chi connectivity index (χ1v) is 8.48. The smallest absolute Gasteiger partial charge is 0.153 e. The molecule has 2 heterocycles. The number of nitrogens with one attached hydrogen (secondary N) is 1. The SMILES string of the molecule is CN=C1C=C(C2C=C(F)C(N3CCOCC3)=CC2)NC(=NC)C1=NC. The van der Waals surface area contributed by atoms with Crippen molar-refractivity contribution in [1.29, 1.82) is 0 Å². The molecule has 1 fully saturated rings. The van der Waals surface area contributed by atoms with Crippen LogP contribution in [0.4, 0.5) is 4.39 Å². The molecular formula is C18H24FN5O. The minimum Gasteiger partial charge on any atom is -0.378 e. The van der Waals surface area contributed by atoms with Crippen LogP contribution in [0.25, 0.3) is 0 Å². The maximum Gasteiger partial charge on any atom is 0.153 e. The van der Waals surface area contributed by atoms with Gasteiger partial charge in [-0.3, -0.25) is 15.0 Å². The van der Waals surface area contributed by atoms with Gasteiger partial charge in [-0.1, -0.05) is 6.08 Å². The Balaban J connectivity index is 1.82. The fraction of sp³-hybridized carbons (Fsp3) is 0.500. The molecule has 0 aromatic heterocycles. The summed E-state index contributed by atoms with van der Waals surface area (Å²) in [5.74, 6) is 0.412. The normalized spacial score (nSPS) is 29.4. The summed E-state index contributed by atoms with van der Waals surface area (Å²) in [5.41, 5.74) is 3.05. The zero-order chi connectivity index (χ0) is 17.8. The van der Waals surface area contributed by atoms with E-state index in [0.29, 0.717) is 24.7 Å². The van der Waals surface area contributed by atoms with Crippen molar-refractivity contribution in [2.45, 2.75) is 6.42 Å². The second-order valence-corrected chi connectivity index (χ2v) is 6.02. The van der Waals surface area contributed by atoms with E-state index in [-0.39, 0.29) is 11.7 Å². The zero-order valence-corrected chi connectivity index (χ0v) is 14.9. The highest BCUT2D eigenvalue weighted by molar-refractivity contribution is 6.71. The van der Waals surface area contributed by atoms with E-state index in [9.17, 15) is 4.39 Å². The number of nitrogens with zero attached hydrogens (tertiary/aromatic N) is 4. The van der Waals surface area contributed by atoms with Gasteiger partial charge in [0.15, 0.2) is 5.84 Å². The molecule has 25 heavy (non-hydrogen) atoms. The highest BCUT2D eigenvalue weighted by Gasteiger charge is 2.28. The Kier molecular flexibility index (Phi) is 5.43. The lowest BCUT2D eigenvalue weighted by Crippen LogP contribution is -2.42. The molecule has 1 N–H and O–H groups in total. The first-order chi connectivity index (χ1) is 12.2. The number of amidine groups is 1. The van der Waals surface area contributed by atoms with Crippen molar-refractivity contribution in [2.24, 2.45) is 20.9 Å². The Morgan fingerprint density at radius 1 is 1.16 bits per heavy atom. The van der Waals surface area contributed by atoms with Crippen LogP contribution in [0.2, 0.25) is 0 Å². The molecule has 0 bridgehead atoms. The van der Waals surface area contributed by atoms with E-state index >= 15 is 0 Å². The molecular weight excluding hydrogens is 321 g/mol. The van der Waals surface area contributed by atoms with Crippen molar-refractivity contribution in [3.8, 4) is 0 Å². The van der Waals surface area contributed by atoms with E-state index in [1.165, 1.54) is 0 Å². The number of rotatable bonds is 2. The predicted octanol–water partition coefficient (Wildman–Crippen LogP) is 1.73. The van der Waals surface area contributed by atoms with Crippen LogP contribution in [0.3, 0.4) is 0 Å². The van der Waals surface area contributed by atoms with Crippen molar-refractivity contribution in [3.05, 3.63) is 35.4 Å². The monoisotopic (exact) mass is 345 g/mol. The number of halogens is 1. The summed E-state index contributed by atoms with van der Waals surface area (Å²) in [7, 11) is 5.14. The minimum absolute atomic E-state index is 0.0725. The first kappa shape index (κ1) is 17.5. The quantitative estimate of drug-likeness (QED) is 0.829. The Hall–Kier alpha value is -2.28. The number of morpholine rings is 1. The summed E-state index contributed by atoms with van der Waals surface area (Å²) < 4.78 is 20.1. The van der Waals surface area contributed by atoms with Crippen LogP contribution in [0.15, 0.2) is 50.4 Å². The molecule has 7 heteroatoms. The molecule has 1 aliphatic carbocycles. The average Bonchev–Trinajstić information content (AvgIpc) is 2.67. The maximum atomic E-state index is 14.7. The maximum absolute atomic E-state index is 14.7. The summed E-state index contributed by atoms with van der Waals surface area (Å²) in [4.78, 5) is 14.8. The van der Waals surface area contributed by atoms with Gasteiger partial charge in [0.1, 0.15) is 11.5 Å². The predicted molar refractivity (Wildman–Crippen MR) is 99.1 cm³/mol. The van der Waals surface area contributed by atoms with Gasteiger partial charge < -0.3 is 15.0 Å². The van der Waals surface area contributed by atoms with Crippen LogP contribution in [0.1, 0.15) is 6.42 Å². The summed E-state index contributed by atoms with van der Waals surface area (Å²) in [5, 5.41) is 3.28. The van der Waals surface area contributed by atoms with Crippen LogP contribution < -0.4 is 5.32 Å². The van der Waals surface area contributed by atoms with Crippen LogP contribution in [-0.2, 0) is 4.74 Å². The molecule has 3 aliphatic rings. The Morgan fingerprint density at radius 3 is 2.52 bits per heavy atom. The standard InChI is InChI=1S/C18H24FN5O/c1-20-15-11-14(23-18(22-3)17(15)21-2)12-4-5-16(13(19)10-12)24-6-8-25-9-7-24/h5,10-12H,4,6-9H2,1-3H3,(H,22,23). The number of hydrogen-bond acceptors (Lipinski definition) is 5. The molecule has 0 amide bonds. The minimum atomic E-state index is -0.180. The van der Waals surface area contributed by atoms with Crippen molar-refractivity contribution >= 4 is 17.3 Å². The van der Waals surface area contributed by atoms with Gasteiger partial charge >= 0.3 is 0 Å². The van der Waals surface area contributed by atoms with Crippen LogP contribution in [0, 0.1) is 5.92 Å². The number of hydrogen-bond donors (Lipinski definition) is 1. The first-order valence-electron chi connectivity index (χ1n) is 8.48. The van der Waals surface area contributed by atoms with Crippen molar-refractivity contribution < 1.29 is 9.13 Å². The third-order valence-corrected chi connectivity index (χ3v) is 4.62. The Morgan fingerprint density at radius 2 is 1.92 bits per heavy atom. The average molecular weight is 345 g/mol. The molecule has 3 rings (SSSR count). The highest BCUT2D eigenvalue weighted by Crippen LogP contribution is 2.31. The van der Waals surface area contributed by atoms with E-state index in [2.05, 4.69) is 20.3 Å². The molecule has 0 aromatic carbocycles. The van der Waals surface area contributed by atoms with Gasteiger partial charge in [-0.2, -0.15) is 0 Å². The van der Waals surface area contributed by atoms with Gasteiger partial charge in [0.05, 0.1) is 24.6 Å². The van der Waals surface area contributed by atoms with E-state index < -0.39 is 0 Å². The second-order valence-electron chi connectivity index (χ2n) is 6.02. The fourth-order valence-electron chi connectivity index (χ4n) is 3.29. The third-order valence-electron chi connectivity index (χ3n) is 4.62. The molecule has 1 unspecified atom stereocenters. The van der Waals surface area contributed by atoms with Crippen molar-refractivity contribution in [3.63, 3.8) is 0 Å². The Labute approximate surface area is 147 Å². The lowest BCUT2D eigenvalue weighted by Gasteiger charge is -2.33.